The molecule has 0 aromatic carbocycles. The molecule has 0 heterocycles. The largest absolute Gasteiger partial charge is 0.462 e. The Morgan fingerprint density at radius 3 is 1.95 bits per heavy atom. The second-order valence-corrected chi connectivity index (χ2v) is 9.41. The molecular weight excluding hydrogens is 311 g/mol. The van der Waals surface area contributed by atoms with E-state index in [1.54, 1.807) is 6.92 Å². The maximum absolute atomic E-state index is 11.1. The summed E-state index contributed by atoms with van der Waals surface area (Å²) in [6.45, 7) is 2.06. The van der Waals surface area contributed by atoms with Gasteiger partial charge in [-0.3, -0.25) is 0 Å². The molecule has 0 aromatic rings. The predicted octanol–water partition coefficient (Wildman–Crippen LogP) is 2.70. The topological polar surface area (TPSA) is 87.0 Å². The van der Waals surface area contributed by atoms with Crippen LogP contribution in [0.3, 0.4) is 0 Å². The number of hydrogen-bond acceptors (Lipinski definition) is 2. The van der Waals surface area contributed by atoms with E-state index in [0.717, 1.165) is 38.5 Å². The third-order valence-corrected chi connectivity index (χ3v) is 5.56. The van der Waals surface area contributed by atoms with Gasteiger partial charge in [0.25, 0.3) is 6.72 Å². The number of hydrogen-bond donors (Lipinski definition) is 4. The number of carbonyl (C=O) groups is 1. The number of rotatable bonds is 12. The molecular formula is C14H29O5PS. The summed E-state index contributed by atoms with van der Waals surface area (Å²) < 4.78 is 5.01. The molecule has 0 aliphatic heterocycles. The van der Waals surface area contributed by atoms with E-state index < -0.39 is 6.72 Å². The van der Waals surface area contributed by atoms with Crippen LogP contribution in [0, 0.1) is 0 Å². The van der Waals surface area contributed by atoms with Crippen molar-refractivity contribution < 1.29 is 24.2 Å². The first-order valence-electron chi connectivity index (χ1n) is 7.42. The van der Waals surface area contributed by atoms with Crippen LogP contribution in [0.25, 0.3) is 0 Å². The van der Waals surface area contributed by atoms with Gasteiger partial charge in [0, 0.05) is 5.57 Å². The van der Waals surface area contributed by atoms with Crippen LogP contribution in [0.5, 0.6) is 0 Å². The first-order valence-corrected chi connectivity index (χ1v) is 10.8. The molecule has 5 nitrogen and oxygen atoms in total. The number of ether oxygens (including phenoxy) is 1. The van der Waals surface area contributed by atoms with E-state index in [1.165, 1.54) is 12.8 Å². The SMILES string of the molecule is C=C(C)C(=O)OCCCCCCCCCC[SH]=P(O)(O)O. The smallest absolute Gasteiger partial charge is 0.333 e. The van der Waals surface area contributed by atoms with E-state index in [-0.39, 0.29) is 5.97 Å². The highest BCUT2D eigenvalue weighted by molar-refractivity contribution is 8.16. The summed E-state index contributed by atoms with van der Waals surface area (Å²) in [6.07, 6.45) is 8.55. The average Bonchev–Trinajstić information content (AvgIpc) is 2.38. The minimum Gasteiger partial charge on any atom is -0.462 e. The van der Waals surface area contributed by atoms with E-state index >= 15 is 0 Å². The maximum Gasteiger partial charge on any atom is 0.333 e. The Hall–Kier alpha value is -0.130. The van der Waals surface area contributed by atoms with Crippen molar-refractivity contribution in [2.24, 2.45) is 0 Å². The molecule has 0 amide bonds. The second-order valence-electron chi connectivity index (χ2n) is 5.15. The van der Waals surface area contributed by atoms with Crippen molar-refractivity contribution in [2.75, 3.05) is 12.4 Å². The van der Waals surface area contributed by atoms with E-state index in [9.17, 15) is 4.79 Å². The highest BCUT2D eigenvalue weighted by Gasteiger charge is 2.02. The first kappa shape index (κ1) is 20.9. The Morgan fingerprint density at radius 1 is 1.00 bits per heavy atom. The Bertz CT molecular complexity index is 356. The summed E-state index contributed by atoms with van der Waals surface area (Å²) in [7, 11) is 0.362. The van der Waals surface area contributed by atoms with Gasteiger partial charge in [0.05, 0.1) is 6.61 Å². The van der Waals surface area contributed by atoms with Crippen LogP contribution in [0.4, 0.5) is 0 Å². The lowest BCUT2D eigenvalue weighted by molar-refractivity contribution is -0.139. The molecule has 0 saturated carbocycles. The van der Waals surface area contributed by atoms with Crippen molar-refractivity contribution in [3.05, 3.63) is 12.2 Å². The number of esters is 1. The Labute approximate surface area is 131 Å². The molecule has 7 heteroatoms. The molecule has 0 aliphatic carbocycles. The van der Waals surface area contributed by atoms with Crippen LogP contribution in [-0.2, 0) is 20.5 Å². The second kappa shape index (κ2) is 12.4. The average molecular weight is 340 g/mol. The standard InChI is InChI=1S/C14H29O5PS/c1-13(2)14(15)19-11-9-7-5-3-4-6-8-10-12-21-20(16,17)18/h16-18,21H,1,3-12H2,2H3. The van der Waals surface area contributed by atoms with Crippen molar-refractivity contribution in [1.82, 2.24) is 0 Å². The normalized spacial score (nSPS) is 11.4. The van der Waals surface area contributed by atoms with Crippen LogP contribution >= 0.6 is 6.72 Å². The quantitative estimate of drug-likeness (QED) is 0.144. The summed E-state index contributed by atoms with van der Waals surface area (Å²) in [6, 6.07) is 0. The zero-order valence-corrected chi connectivity index (χ0v) is 14.6. The molecule has 0 saturated heterocycles. The number of carbonyl (C=O) groups excluding carboxylic acids is 1. The molecule has 0 unspecified atom stereocenters. The molecule has 0 bridgehead atoms. The van der Waals surface area contributed by atoms with Crippen molar-refractivity contribution >= 4 is 23.6 Å². The van der Waals surface area contributed by atoms with Crippen molar-refractivity contribution in [3.8, 4) is 0 Å². The predicted molar refractivity (Wildman–Crippen MR) is 89.9 cm³/mol. The summed E-state index contributed by atoms with van der Waals surface area (Å²) in [4.78, 5) is 37.5. The molecule has 0 atom stereocenters. The van der Waals surface area contributed by atoms with Crippen LogP contribution in [0.1, 0.15) is 58.3 Å². The zero-order chi connectivity index (χ0) is 16.1. The Balaban J connectivity index is 3.23. The highest BCUT2D eigenvalue weighted by Crippen LogP contribution is 2.31. The maximum atomic E-state index is 11.1. The fourth-order valence-electron chi connectivity index (χ4n) is 1.77. The van der Waals surface area contributed by atoms with E-state index in [4.69, 9.17) is 19.4 Å². The molecule has 0 aliphatic rings. The zero-order valence-electron chi connectivity index (χ0n) is 12.8. The third-order valence-electron chi connectivity index (χ3n) is 2.92. The first-order chi connectivity index (χ1) is 9.83. The van der Waals surface area contributed by atoms with Gasteiger partial charge in [-0.25, -0.2) is 4.79 Å². The summed E-state index contributed by atoms with van der Waals surface area (Å²) in [5.41, 5.74) is 0.442. The minimum atomic E-state index is -3.58. The summed E-state index contributed by atoms with van der Waals surface area (Å²) in [5, 5.41) is 0. The van der Waals surface area contributed by atoms with Gasteiger partial charge in [0.15, 0.2) is 0 Å². The van der Waals surface area contributed by atoms with Crippen molar-refractivity contribution in [3.63, 3.8) is 0 Å². The van der Waals surface area contributed by atoms with Gasteiger partial charge in [-0.1, -0.05) is 45.1 Å². The molecule has 0 aromatic heterocycles. The third kappa shape index (κ3) is 16.1. The van der Waals surface area contributed by atoms with Crippen LogP contribution in [-0.4, -0.2) is 33.0 Å². The number of unbranched alkanes of at least 4 members (excludes halogenated alkanes) is 7. The molecule has 0 fully saturated rings. The van der Waals surface area contributed by atoms with Gasteiger partial charge in [0.2, 0.25) is 0 Å². The van der Waals surface area contributed by atoms with E-state index in [2.05, 4.69) is 6.58 Å². The van der Waals surface area contributed by atoms with Gasteiger partial charge in [-0.2, -0.15) is 0 Å². The van der Waals surface area contributed by atoms with Crippen molar-refractivity contribution in [2.45, 2.75) is 58.3 Å². The van der Waals surface area contributed by atoms with Crippen LogP contribution in [0.15, 0.2) is 12.2 Å². The molecule has 126 valence electrons. The lowest BCUT2D eigenvalue weighted by Gasteiger charge is -2.05. The molecule has 0 spiro atoms. The van der Waals surface area contributed by atoms with Gasteiger partial charge in [-0.15, -0.1) is 10.9 Å². The monoisotopic (exact) mass is 340 g/mol. The molecule has 3 N–H and O–H groups in total. The van der Waals surface area contributed by atoms with Gasteiger partial charge in [0.1, 0.15) is 0 Å². The molecule has 0 rings (SSSR count). The lowest BCUT2D eigenvalue weighted by Crippen LogP contribution is -2.05. The van der Waals surface area contributed by atoms with E-state index in [1.807, 2.05) is 0 Å². The highest BCUT2D eigenvalue weighted by atomic mass is 32.5. The van der Waals surface area contributed by atoms with Gasteiger partial charge >= 0.3 is 5.97 Å². The Kier molecular flexibility index (Phi) is 12.3. The fourth-order valence-corrected chi connectivity index (χ4v) is 3.63. The summed E-state index contributed by atoms with van der Waals surface area (Å²) >= 11 is 0. The molecule has 21 heavy (non-hydrogen) atoms. The van der Waals surface area contributed by atoms with Gasteiger partial charge in [-0.05, 0) is 25.5 Å². The van der Waals surface area contributed by atoms with Crippen molar-refractivity contribution in [1.29, 1.82) is 0 Å². The van der Waals surface area contributed by atoms with Gasteiger partial charge < -0.3 is 19.4 Å². The Morgan fingerprint density at radius 2 is 1.48 bits per heavy atom. The fraction of sp³-hybridized carbons (Fsp3) is 0.786. The van der Waals surface area contributed by atoms with E-state index in [0.29, 0.717) is 28.9 Å². The minimum absolute atomic E-state index is 0.311. The molecule has 0 radical (unpaired) electrons. The summed E-state index contributed by atoms with van der Waals surface area (Å²) in [5.74, 6) is 0.333. The van der Waals surface area contributed by atoms with Crippen LogP contribution in [0.2, 0.25) is 0 Å². The number of thiol groups is 1. The lowest BCUT2D eigenvalue weighted by atomic mass is 10.1. The van der Waals surface area contributed by atoms with Crippen LogP contribution < -0.4 is 0 Å².